The highest BCUT2D eigenvalue weighted by atomic mass is 16.3. The summed E-state index contributed by atoms with van der Waals surface area (Å²) in [5.41, 5.74) is 0.00431. The lowest BCUT2D eigenvalue weighted by atomic mass is 9.79. The van der Waals surface area contributed by atoms with E-state index in [1.165, 1.54) is 6.42 Å². The molecule has 0 bridgehead atoms. The van der Waals surface area contributed by atoms with Gasteiger partial charge in [0.25, 0.3) is 0 Å². The molecule has 1 rings (SSSR count). The van der Waals surface area contributed by atoms with Crippen LogP contribution in [-0.2, 0) is 0 Å². The molecule has 0 amide bonds. The second kappa shape index (κ2) is 3.61. The van der Waals surface area contributed by atoms with Gasteiger partial charge in [-0.25, -0.2) is 0 Å². The smallest absolute Gasteiger partial charge is 0.0680 e. The first-order valence-corrected chi connectivity index (χ1v) is 5.66. The van der Waals surface area contributed by atoms with Gasteiger partial charge in [-0.15, -0.1) is 0 Å². The van der Waals surface area contributed by atoms with Crippen LogP contribution < -0.4 is 0 Å². The summed E-state index contributed by atoms with van der Waals surface area (Å²) >= 11 is 0. The number of rotatable bonds is 3. The largest absolute Gasteiger partial charge is 0.390 e. The Hall–Kier alpha value is -0.0400. The predicted octanol–water partition coefficient (Wildman–Crippen LogP) is 3.36. The molecule has 1 N–H and O–H groups in total. The van der Waals surface area contributed by atoms with Gasteiger partial charge in [0.2, 0.25) is 0 Å². The van der Waals surface area contributed by atoms with Crippen LogP contribution in [0.5, 0.6) is 0 Å². The minimum atomic E-state index is -0.354. The van der Waals surface area contributed by atoms with Gasteiger partial charge in [0.1, 0.15) is 0 Å². The molecule has 1 aliphatic rings. The molecule has 0 radical (unpaired) electrons. The quantitative estimate of drug-likeness (QED) is 0.713. The van der Waals surface area contributed by atoms with Gasteiger partial charge in [0.05, 0.1) is 5.60 Å². The Morgan fingerprint density at radius 3 is 2.00 bits per heavy atom. The van der Waals surface area contributed by atoms with Crippen LogP contribution in [0.2, 0.25) is 0 Å². The molecule has 0 aliphatic heterocycles. The molecular formula is C12H24O. The average molecular weight is 184 g/mol. The number of aliphatic hydroxyl groups is 1. The maximum absolute atomic E-state index is 10.5. The van der Waals surface area contributed by atoms with Crippen LogP contribution in [-0.4, -0.2) is 10.7 Å². The van der Waals surface area contributed by atoms with E-state index in [9.17, 15) is 5.11 Å². The lowest BCUT2D eigenvalue weighted by molar-refractivity contribution is -0.0235. The number of hydrogen-bond acceptors (Lipinski definition) is 1. The Bertz CT molecular complexity index is 170. The Balaban J connectivity index is 2.67. The molecule has 0 heterocycles. The summed E-state index contributed by atoms with van der Waals surface area (Å²) in [6, 6.07) is 0. The van der Waals surface area contributed by atoms with Gasteiger partial charge < -0.3 is 5.11 Å². The SMILES string of the molecule is CCC(CC)C1(O)CCC(C)(C)C1. The Morgan fingerprint density at radius 1 is 1.15 bits per heavy atom. The summed E-state index contributed by atoms with van der Waals surface area (Å²) in [6.07, 6.45) is 5.41. The molecule has 1 saturated carbocycles. The molecule has 1 fully saturated rings. The van der Waals surface area contributed by atoms with Crippen molar-refractivity contribution in [1.82, 2.24) is 0 Å². The van der Waals surface area contributed by atoms with Gasteiger partial charge in [-0.2, -0.15) is 0 Å². The zero-order valence-electron chi connectivity index (χ0n) is 9.56. The van der Waals surface area contributed by atoms with Gasteiger partial charge in [-0.1, -0.05) is 40.5 Å². The summed E-state index contributed by atoms with van der Waals surface area (Å²) in [6.45, 7) is 8.93. The van der Waals surface area contributed by atoms with Crippen LogP contribution in [0.1, 0.15) is 59.8 Å². The van der Waals surface area contributed by atoms with E-state index in [2.05, 4.69) is 27.7 Å². The highest BCUT2D eigenvalue weighted by Gasteiger charge is 2.45. The Morgan fingerprint density at radius 2 is 1.69 bits per heavy atom. The van der Waals surface area contributed by atoms with Crippen molar-refractivity contribution in [3.05, 3.63) is 0 Å². The third kappa shape index (κ3) is 2.25. The van der Waals surface area contributed by atoms with Crippen molar-refractivity contribution in [3.8, 4) is 0 Å². The molecule has 1 heteroatoms. The summed E-state index contributed by atoms with van der Waals surface area (Å²) in [5.74, 6) is 0.509. The molecule has 78 valence electrons. The summed E-state index contributed by atoms with van der Waals surface area (Å²) < 4.78 is 0. The van der Waals surface area contributed by atoms with Crippen molar-refractivity contribution in [1.29, 1.82) is 0 Å². The zero-order valence-corrected chi connectivity index (χ0v) is 9.56. The molecule has 0 aromatic rings. The fourth-order valence-electron chi connectivity index (χ4n) is 2.96. The van der Waals surface area contributed by atoms with Crippen LogP contribution in [0.4, 0.5) is 0 Å². The highest BCUT2D eigenvalue weighted by Crippen LogP contribution is 2.48. The standard InChI is InChI=1S/C12H24O/c1-5-10(6-2)12(13)8-7-11(3,4)9-12/h10,13H,5-9H2,1-4H3. The number of hydrogen-bond donors (Lipinski definition) is 1. The van der Waals surface area contributed by atoms with Gasteiger partial charge in [-0.05, 0) is 30.6 Å². The van der Waals surface area contributed by atoms with Gasteiger partial charge in [-0.3, -0.25) is 0 Å². The molecule has 0 spiro atoms. The van der Waals surface area contributed by atoms with Crippen molar-refractivity contribution < 1.29 is 5.11 Å². The summed E-state index contributed by atoms with van der Waals surface area (Å²) in [7, 11) is 0. The van der Waals surface area contributed by atoms with Crippen molar-refractivity contribution in [2.75, 3.05) is 0 Å². The van der Waals surface area contributed by atoms with Crippen molar-refractivity contribution in [2.24, 2.45) is 11.3 Å². The molecule has 0 aromatic heterocycles. The fourth-order valence-corrected chi connectivity index (χ4v) is 2.96. The molecule has 0 saturated heterocycles. The van der Waals surface area contributed by atoms with E-state index in [1.807, 2.05) is 0 Å². The summed E-state index contributed by atoms with van der Waals surface area (Å²) in [4.78, 5) is 0. The molecule has 13 heavy (non-hydrogen) atoms. The maximum Gasteiger partial charge on any atom is 0.0680 e. The molecule has 0 aromatic carbocycles. The van der Waals surface area contributed by atoms with Crippen molar-refractivity contribution in [3.63, 3.8) is 0 Å². The molecular weight excluding hydrogens is 160 g/mol. The highest BCUT2D eigenvalue weighted by molar-refractivity contribution is 4.97. The summed E-state index contributed by atoms with van der Waals surface area (Å²) in [5, 5.41) is 10.5. The van der Waals surface area contributed by atoms with E-state index in [0.717, 1.165) is 25.7 Å². The minimum Gasteiger partial charge on any atom is -0.390 e. The van der Waals surface area contributed by atoms with Crippen LogP contribution >= 0.6 is 0 Å². The van der Waals surface area contributed by atoms with Crippen LogP contribution in [0.25, 0.3) is 0 Å². The first kappa shape index (κ1) is 11.0. The van der Waals surface area contributed by atoms with E-state index in [-0.39, 0.29) is 5.60 Å². The third-order valence-electron chi connectivity index (χ3n) is 3.76. The first-order chi connectivity index (χ1) is 5.93. The van der Waals surface area contributed by atoms with E-state index < -0.39 is 0 Å². The Labute approximate surface area is 82.5 Å². The lowest BCUT2D eigenvalue weighted by Gasteiger charge is -2.32. The van der Waals surface area contributed by atoms with Crippen molar-refractivity contribution >= 4 is 0 Å². The average Bonchev–Trinajstić information content (AvgIpc) is 2.29. The van der Waals surface area contributed by atoms with Gasteiger partial charge in [0, 0.05) is 0 Å². The molecule has 1 atom stereocenters. The van der Waals surface area contributed by atoms with E-state index in [4.69, 9.17) is 0 Å². The molecule has 1 nitrogen and oxygen atoms in total. The van der Waals surface area contributed by atoms with Gasteiger partial charge in [0.15, 0.2) is 0 Å². The van der Waals surface area contributed by atoms with Gasteiger partial charge >= 0.3 is 0 Å². The van der Waals surface area contributed by atoms with Crippen molar-refractivity contribution in [2.45, 2.75) is 65.4 Å². The van der Waals surface area contributed by atoms with Crippen LogP contribution in [0.15, 0.2) is 0 Å². The minimum absolute atomic E-state index is 0.354. The third-order valence-corrected chi connectivity index (χ3v) is 3.76. The Kier molecular flexibility index (Phi) is 3.06. The predicted molar refractivity (Wildman–Crippen MR) is 56.7 cm³/mol. The first-order valence-electron chi connectivity index (χ1n) is 5.66. The van der Waals surface area contributed by atoms with E-state index in [1.54, 1.807) is 0 Å². The lowest BCUT2D eigenvalue weighted by Crippen LogP contribution is -2.35. The topological polar surface area (TPSA) is 20.2 Å². The van der Waals surface area contributed by atoms with Crippen LogP contribution in [0, 0.1) is 11.3 Å². The van der Waals surface area contributed by atoms with E-state index in [0.29, 0.717) is 11.3 Å². The molecule has 1 aliphatic carbocycles. The maximum atomic E-state index is 10.5. The zero-order chi connectivity index (χ0) is 10.1. The normalized spacial score (nSPS) is 32.8. The van der Waals surface area contributed by atoms with Crippen LogP contribution in [0.3, 0.4) is 0 Å². The fraction of sp³-hybridized carbons (Fsp3) is 1.00. The molecule has 1 unspecified atom stereocenters. The monoisotopic (exact) mass is 184 g/mol. The van der Waals surface area contributed by atoms with E-state index >= 15 is 0 Å². The second-order valence-electron chi connectivity index (χ2n) is 5.46. The second-order valence-corrected chi connectivity index (χ2v) is 5.46.